The number of carbonyl (C=O) groups excluding carboxylic acids is 1. The molecule has 0 aromatic rings. The van der Waals surface area contributed by atoms with Crippen molar-refractivity contribution >= 4 is 5.97 Å². The van der Waals surface area contributed by atoms with Crippen molar-refractivity contribution in [2.75, 3.05) is 132 Å². The van der Waals surface area contributed by atoms with E-state index in [-0.39, 0.29) is 12.6 Å². The molecule has 0 fully saturated rings. The van der Waals surface area contributed by atoms with Gasteiger partial charge in [0, 0.05) is 6.42 Å². The molecule has 0 saturated carbocycles. The molecule has 0 aliphatic carbocycles. The zero-order valence-electron chi connectivity index (χ0n) is 23.2. The monoisotopic (exact) mass is 554 g/mol. The number of hydrogen-bond acceptors (Lipinski definition) is 12. The van der Waals surface area contributed by atoms with E-state index in [0.717, 1.165) is 6.42 Å². The van der Waals surface area contributed by atoms with Crippen LogP contribution < -0.4 is 0 Å². The van der Waals surface area contributed by atoms with E-state index in [2.05, 4.69) is 6.58 Å². The molecule has 0 bridgehead atoms. The third-order valence-electron chi connectivity index (χ3n) is 4.38. The third-order valence-corrected chi connectivity index (χ3v) is 4.38. The number of esters is 1. The van der Waals surface area contributed by atoms with Crippen molar-refractivity contribution in [1.29, 1.82) is 0 Å². The average molecular weight is 555 g/mol. The van der Waals surface area contributed by atoms with Gasteiger partial charge in [0.15, 0.2) is 0 Å². The predicted octanol–water partition coefficient (Wildman–Crippen LogP) is 1.64. The highest BCUT2D eigenvalue weighted by molar-refractivity contribution is 5.69. The van der Waals surface area contributed by atoms with Crippen molar-refractivity contribution in [3.63, 3.8) is 0 Å². The number of hydrogen-bond donors (Lipinski definition) is 0. The predicted molar refractivity (Wildman–Crippen MR) is 139 cm³/mol. The topological polar surface area (TPSA) is 119 Å². The van der Waals surface area contributed by atoms with Crippen LogP contribution in [0.5, 0.6) is 0 Å². The van der Waals surface area contributed by atoms with Gasteiger partial charge in [0.25, 0.3) is 0 Å². The highest BCUT2D eigenvalue weighted by atomic mass is 16.6. The van der Waals surface area contributed by atoms with Crippen molar-refractivity contribution < 1.29 is 56.9 Å². The van der Waals surface area contributed by atoms with Gasteiger partial charge >= 0.3 is 5.97 Å². The van der Waals surface area contributed by atoms with E-state index >= 15 is 0 Å². The van der Waals surface area contributed by atoms with Gasteiger partial charge in [-0.05, 0) is 6.42 Å². The smallest absolute Gasteiger partial charge is 0.305 e. The number of carbonyl (C=O) groups is 1. The Morgan fingerprint density at radius 3 is 1.00 bits per heavy atom. The first-order chi connectivity index (χ1) is 18.8. The molecule has 0 aromatic heterocycles. The maximum absolute atomic E-state index is 11.2. The first kappa shape index (κ1) is 36.6. The van der Waals surface area contributed by atoms with E-state index in [1.54, 1.807) is 0 Å². The number of rotatable bonds is 33. The van der Waals surface area contributed by atoms with Crippen LogP contribution in [0.2, 0.25) is 0 Å². The second-order valence-electron chi connectivity index (χ2n) is 7.52. The minimum atomic E-state index is -0.187. The fourth-order valence-electron chi connectivity index (χ4n) is 2.54. The standard InChI is InChI=1S/C26H50O12/c1-3-5-26(27)38-25-24-37-23-22-36-21-20-35-19-18-34-17-16-33-15-14-32-13-12-31-11-10-30-9-8-29-7-6-28-4-2/h4H,2-3,5-25H2,1H3. The summed E-state index contributed by atoms with van der Waals surface area (Å²) in [5.74, 6) is -0.187. The molecule has 0 atom stereocenters. The van der Waals surface area contributed by atoms with Gasteiger partial charge in [-0.2, -0.15) is 0 Å². The zero-order chi connectivity index (χ0) is 27.6. The Balaban J connectivity index is 3.05. The van der Waals surface area contributed by atoms with Crippen molar-refractivity contribution in [3.8, 4) is 0 Å². The minimum absolute atomic E-state index is 0.187. The van der Waals surface area contributed by atoms with Gasteiger partial charge < -0.3 is 52.1 Å². The summed E-state index contributed by atoms with van der Waals surface area (Å²) in [7, 11) is 0. The van der Waals surface area contributed by atoms with Gasteiger partial charge in [0.05, 0.1) is 125 Å². The van der Waals surface area contributed by atoms with Crippen LogP contribution in [0.3, 0.4) is 0 Å². The summed E-state index contributed by atoms with van der Waals surface area (Å²) >= 11 is 0. The van der Waals surface area contributed by atoms with Crippen LogP contribution >= 0.6 is 0 Å². The summed E-state index contributed by atoms with van der Waals surface area (Å²) in [5.41, 5.74) is 0. The van der Waals surface area contributed by atoms with Crippen LogP contribution in [-0.4, -0.2) is 138 Å². The Bertz CT molecular complexity index is 481. The molecular formula is C26H50O12. The maximum Gasteiger partial charge on any atom is 0.305 e. The molecule has 12 nitrogen and oxygen atoms in total. The summed E-state index contributed by atoms with van der Waals surface area (Å²) < 4.78 is 58.5. The van der Waals surface area contributed by atoms with Gasteiger partial charge in [0.1, 0.15) is 13.2 Å². The Hall–Kier alpha value is -1.35. The first-order valence-electron chi connectivity index (χ1n) is 13.4. The van der Waals surface area contributed by atoms with E-state index in [1.807, 2.05) is 6.92 Å². The van der Waals surface area contributed by atoms with E-state index in [9.17, 15) is 4.79 Å². The lowest BCUT2D eigenvalue weighted by Crippen LogP contribution is -2.15. The summed E-state index contributed by atoms with van der Waals surface area (Å²) in [4.78, 5) is 11.2. The molecule has 12 heteroatoms. The second kappa shape index (κ2) is 33.7. The molecule has 0 amide bonds. The molecule has 0 saturated heterocycles. The Morgan fingerprint density at radius 2 is 0.737 bits per heavy atom. The van der Waals surface area contributed by atoms with Crippen LogP contribution in [0.1, 0.15) is 19.8 Å². The summed E-state index contributed by atoms with van der Waals surface area (Å²) in [5, 5.41) is 0. The van der Waals surface area contributed by atoms with Crippen LogP contribution in [0.4, 0.5) is 0 Å². The molecule has 38 heavy (non-hydrogen) atoms. The molecule has 226 valence electrons. The molecule has 0 aromatic carbocycles. The second-order valence-corrected chi connectivity index (χ2v) is 7.52. The molecule has 0 rings (SSSR count). The van der Waals surface area contributed by atoms with Gasteiger partial charge in [-0.3, -0.25) is 4.79 Å². The molecule has 0 N–H and O–H groups in total. The van der Waals surface area contributed by atoms with Crippen LogP contribution in [0, 0.1) is 0 Å². The van der Waals surface area contributed by atoms with E-state index in [0.29, 0.717) is 132 Å². The van der Waals surface area contributed by atoms with Gasteiger partial charge in [-0.25, -0.2) is 0 Å². The SMILES string of the molecule is C=COCCOCCOCCOCCOCCOCCOCCOCCOCCOCCOC(=O)CCC. The Kier molecular flexibility index (Phi) is 32.5. The first-order valence-corrected chi connectivity index (χ1v) is 13.4. The average Bonchev–Trinajstić information content (AvgIpc) is 2.92. The number of ether oxygens (including phenoxy) is 11. The third kappa shape index (κ3) is 32.7. The van der Waals surface area contributed by atoms with Crippen LogP contribution in [0.15, 0.2) is 12.8 Å². The molecule has 0 unspecified atom stereocenters. The fraction of sp³-hybridized carbons (Fsp3) is 0.885. The highest BCUT2D eigenvalue weighted by Crippen LogP contribution is 1.91. The minimum Gasteiger partial charge on any atom is -0.499 e. The largest absolute Gasteiger partial charge is 0.499 e. The van der Waals surface area contributed by atoms with Gasteiger partial charge in [-0.15, -0.1) is 0 Å². The highest BCUT2D eigenvalue weighted by Gasteiger charge is 2.00. The zero-order valence-corrected chi connectivity index (χ0v) is 23.2. The lowest BCUT2D eigenvalue weighted by molar-refractivity contribution is -0.145. The van der Waals surface area contributed by atoms with Crippen molar-refractivity contribution in [2.45, 2.75) is 19.8 Å². The molecular weight excluding hydrogens is 504 g/mol. The Morgan fingerprint density at radius 1 is 0.474 bits per heavy atom. The van der Waals surface area contributed by atoms with Crippen molar-refractivity contribution in [3.05, 3.63) is 12.8 Å². The normalized spacial score (nSPS) is 11.1. The van der Waals surface area contributed by atoms with Crippen LogP contribution in [-0.2, 0) is 56.9 Å². The van der Waals surface area contributed by atoms with Crippen molar-refractivity contribution in [1.82, 2.24) is 0 Å². The van der Waals surface area contributed by atoms with Gasteiger partial charge in [-0.1, -0.05) is 13.5 Å². The van der Waals surface area contributed by atoms with E-state index < -0.39 is 0 Å². The van der Waals surface area contributed by atoms with Gasteiger partial charge in [0.2, 0.25) is 0 Å². The maximum atomic E-state index is 11.2. The summed E-state index contributed by atoms with van der Waals surface area (Å²) in [6.45, 7) is 15.1. The van der Waals surface area contributed by atoms with E-state index in [1.165, 1.54) is 6.26 Å². The van der Waals surface area contributed by atoms with E-state index in [4.69, 9.17) is 52.1 Å². The Labute approximate surface area is 228 Å². The van der Waals surface area contributed by atoms with Crippen molar-refractivity contribution in [2.24, 2.45) is 0 Å². The summed E-state index contributed by atoms with van der Waals surface area (Å²) in [6.07, 6.45) is 2.62. The lowest BCUT2D eigenvalue weighted by atomic mass is 10.3. The lowest BCUT2D eigenvalue weighted by Gasteiger charge is -2.09. The summed E-state index contributed by atoms with van der Waals surface area (Å²) in [6, 6.07) is 0. The fourth-order valence-corrected chi connectivity index (χ4v) is 2.54. The molecule has 0 aliphatic heterocycles. The quantitative estimate of drug-likeness (QED) is 0.0666. The van der Waals surface area contributed by atoms with Crippen LogP contribution in [0.25, 0.3) is 0 Å². The molecule has 0 aliphatic rings. The molecule has 0 spiro atoms. The molecule has 0 heterocycles. The molecule has 0 radical (unpaired) electrons.